The lowest BCUT2D eigenvalue weighted by molar-refractivity contribution is -0.0962. The number of aliphatic hydroxyl groups is 1. The lowest BCUT2D eigenvalue weighted by atomic mass is 9.97. The highest BCUT2D eigenvalue weighted by Crippen LogP contribution is 2.52. The van der Waals surface area contributed by atoms with E-state index in [0.29, 0.717) is 0 Å². The highest BCUT2D eigenvalue weighted by Gasteiger charge is 2.57. The molecule has 6 rings (SSSR count). The molecule has 0 aliphatic carbocycles. The van der Waals surface area contributed by atoms with Crippen LogP contribution >= 0.6 is 26.2 Å². The Kier molecular flexibility index (Phi) is 9.55. The number of imidazole rings is 2. The second-order valence-corrected chi connectivity index (χ2v) is 14.9. The number of aliphatic hydroxyl groups excluding tert-OH is 1. The van der Waals surface area contributed by atoms with Crippen molar-refractivity contribution in [3.63, 3.8) is 0 Å². The quantitative estimate of drug-likeness (QED) is 0.0662. The van der Waals surface area contributed by atoms with Crippen molar-refractivity contribution in [1.82, 2.24) is 39.0 Å². The van der Waals surface area contributed by atoms with Gasteiger partial charge in [0.2, 0.25) is 5.95 Å². The number of thiol groups is 1. The summed E-state index contributed by atoms with van der Waals surface area (Å²) in [7, 11) is -1.18. The average molecular weight is 748 g/mol. The minimum Gasteiger partial charge on any atom is -0.386 e. The molecule has 20 nitrogen and oxygen atoms in total. The van der Waals surface area contributed by atoms with Gasteiger partial charge in [-0.3, -0.25) is 23.4 Å². The van der Waals surface area contributed by atoms with Crippen LogP contribution in [0.4, 0.5) is 16.2 Å². The lowest BCUT2D eigenvalue weighted by Gasteiger charge is -2.31. The van der Waals surface area contributed by atoms with E-state index in [1.807, 2.05) is 0 Å². The van der Waals surface area contributed by atoms with Gasteiger partial charge in [0.1, 0.15) is 55.1 Å². The Morgan fingerprint density at radius 1 is 1.25 bits per heavy atom. The first-order chi connectivity index (χ1) is 22.8. The van der Waals surface area contributed by atoms with E-state index in [4.69, 9.17) is 57.5 Å². The van der Waals surface area contributed by atoms with Crippen LogP contribution in [0.3, 0.4) is 0 Å². The molecule has 6 heterocycles. The molecule has 0 saturated carbocycles. The minimum atomic E-state index is -4.47. The zero-order chi connectivity index (χ0) is 34.5. The van der Waals surface area contributed by atoms with Crippen LogP contribution in [0, 0.1) is 12.3 Å². The zero-order valence-electron chi connectivity index (χ0n) is 24.3. The number of hydrogen-bond donors (Lipinski definition) is 6. The predicted molar refractivity (Wildman–Crippen MR) is 169 cm³/mol. The number of H-pyrrole nitrogens is 1. The number of methoxy groups -OCH3 is 1. The van der Waals surface area contributed by atoms with Crippen molar-refractivity contribution < 1.29 is 46.7 Å². The third kappa shape index (κ3) is 6.19. The second kappa shape index (κ2) is 13.2. The number of alkyl halides is 1. The third-order valence-electron chi connectivity index (χ3n) is 7.59. The maximum atomic E-state index is 15.9. The van der Waals surface area contributed by atoms with Gasteiger partial charge in [-0.15, -0.1) is 10.9 Å². The van der Waals surface area contributed by atoms with Gasteiger partial charge < -0.3 is 40.2 Å². The fraction of sp³-hybridized carbons (Fsp3) is 0.478. The highest BCUT2D eigenvalue weighted by atomic mass is 32.7. The predicted octanol–water partition coefficient (Wildman–Crippen LogP) is -0.141. The van der Waals surface area contributed by atoms with Gasteiger partial charge in [0.15, 0.2) is 46.9 Å². The molecule has 0 aromatic carbocycles. The van der Waals surface area contributed by atoms with Gasteiger partial charge in [0.05, 0.1) is 19.3 Å². The Balaban J connectivity index is 1.26. The van der Waals surface area contributed by atoms with E-state index in [-0.39, 0.29) is 34.1 Å². The smallest absolute Gasteiger partial charge is 0.386 e. The van der Waals surface area contributed by atoms with E-state index in [2.05, 4.69) is 48.1 Å². The Bertz CT molecular complexity index is 2030. The summed E-state index contributed by atoms with van der Waals surface area (Å²) >= 11 is 8.90. The molecule has 0 bridgehead atoms. The number of rotatable bonds is 11. The summed E-state index contributed by atoms with van der Waals surface area (Å²) in [6.07, 6.45) is -1.15. The van der Waals surface area contributed by atoms with E-state index in [1.54, 1.807) is 0 Å². The van der Waals surface area contributed by atoms with Crippen LogP contribution in [0.5, 0.6) is 0 Å². The summed E-state index contributed by atoms with van der Waals surface area (Å²) in [5.74, 6) is 2.21. The van der Waals surface area contributed by atoms with Gasteiger partial charge in [0, 0.05) is 7.11 Å². The molecule has 2 aliphatic rings. The van der Waals surface area contributed by atoms with Crippen LogP contribution in [0.25, 0.3) is 22.3 Å². The van der Waals surface area contributed by atoms with Crippen LogP contribution in [-0.4, -0.2) is 106 Å². The molecule has 7 N–H and O–H groups in total. The standard InChI is InChI=1S/C23H25FN10O10P2S2/c1-3-23(15(39-2)13(35)20(43-23)33-7-29-11-16(25)27-6-28-17(11)33)5-41-46(38,48)44-14-10(24)9(4-40-45(37)47)42-21(14)34-8-30-12-18(34)31-22(26)32-19(12)36/h1,6-10,13-15,20-21,35H,4-5H2,2H3,(H6-,25,26,27,28,31,32,36,37,38,47,48)/p+1/t9-,10+,13-,14-,15+,20-,21-,23-,46?/m1/s1. The van der Waals surface area contributed by atoms with Crippen molar-refractivity contribution in [2.75, 3.05) is 31.8 Å². The maximum Gasteiger partial charge on any atom is 0.582 e. The number of ether oxygens (including phenoxy) is 3. The average Bonchev–Trinajstić information content (AvgIpc) is 3.79. The van der Waals surface area contributed by atoms with Crippen LogP contribution in [0.15, 0.2) is 23.8 Å². The molecule has 0 spiro atoms. The summed E-state index contributed by atoms with van der Waals surface area (Å²) in [5, 5.41) is 11.2. The number of aromatic amines is 1. The number of aromatic nitrogens is 8. The normalized spacial score (nSPS) is 30.5. The molecular formula is C23H26FN10O10P2S2+. The maximum absolute atomic E-state index is 15.9. The summed E-state index contributed by atoms with van der Waals surface area (Å²) < 4.78 is 63.4. The SMILES string of the molecule is C#C[C@]1(COP(O)(=S)O[C@@H]2[C@@H](F)[C@@H](CO[P+](=O)S)O[C@H]2n2cnc3c(=O)[nH]c(N)nc32)O[C@@H](n2cnc3c(N)ncnc32)[C@H](O)[C@@H]1OC. The number of nitrogens with zero attached hydrogens (tertiary/aromatic N) is 7. The number of nitrogen functional groups attached to an aromatic ring is 2. The molecule has 2 aliphatic heterocycles. The monoisotopic (exact) mass is 747 g/mol. The van der Waals surface area contributed by atoms with Gasteiger partial charge in [-0.1, -0.05) is 5.92 Å². The topological polar surface area (TPSA) is 272 Å². The summed E-state index contributed by atoms with van der Waals surface area (Å²) in [6.45, 7) is -5.73. The van der Waals surface area contributed by atoms with Crippen LogP contribution < -0.4 is 17.0 Å². The lowest BCUT2D eigenvalue weighted by Crippen LogP contribution is -2.47. The first kappa shape index (κ1) is 34.6. The summed E-state index contributed by atoms with van der Waals surface area (Å²) in [5.41, 5.74) is 9.20. The number of anilines is 2. The number of nitrogens with one attached hydrogen (secondary N) is 1. The van der Waals surface area contributed by atoms with Gasteiger partial charge >= 0.3 is 13.9 Å². The Labute approximate surface area is 279 Å². The van der Waals surface area contributed by atoms with Crippen molar-refractivity contribution in [2.24, 2.45) is 0 Å². The molecule has 2 fully saturated rings. The Morgan fingerprint density at radius 3 is 2.65 bits per heavy atom. The molecule has 4 aromatic rings. The van der Waals surface area contributed by atoms with E-state index >= 15 is 4.39 Å². The second-order valence-electron chi connectivity index (χ2n) is 10.4. The minimum absolute atomic E-state index is 0.0857. The van der Waals surface area contributed by atoms with Crippen molar-refractivity contribution in [1.29, 1.82) is 0 Å². The number of nitrogens with two attached hydrogens (primary N) is 2. The van der Waals surface area contributed by atoms with E-state index in [0.717, 1.165) is 10.9 Å². The first-order valence-electron chi connectivity index (χ1n) is 13.5. The molecule has 2 unspecified atom stereocenters. The van der Waals surface area contributed by atoms with E-state index < -0.39 is 81.4 Å². The van der Waals surface area contributed by atoms with Crippen LogP contribution in [0.1, 0.15) is 12.5 Å². The molecule has 256 valence electrons. The van der Waals surface area contributed by atoms with Crippen LogP contribution in [0.2, 0.25) is 0 Å². The Morgan fingerprint density at radius 2 is 1.96 bits per heavy atom. The molecule has 0 radical (unpaired) electrons. The van der Waals surface area contributed by atoms with Gasteiger partial charge in [-0.25, -0.2) is 24.3 Å². The van der Waals surface area contributed by atoms with E-state index in [1.165, 1.54) is 24.3 Å². The van der Waals surface area contributed by atoms with Crippen molar-refractivity contribution >= 4 is 72.1 Å². The molecule has 10 atom stereocenters. The molecular weight excluding hydrogens is 721 g/mol. The molecule has 48 heavy (non-hydrogen) atoms. The van der Waals surface area contributed by atoms with Crippen molar-refractivity contribution in [2.45, 2.75) is 48.6 Å². The number of hydrogen-bond acceptors (Lipinski definition) is 17. The molecule has 4 aromatic heterocycles. The van der Waals surface area contributed by atoms with Gasteiger partial charge in [-0.05, 0) is 16.4 Å². The van der Waals surface area contributed by atoms with Gasteiger partial charge in [0.25, 0.3) is 5.56 Å². The Hall–Kier alpha value is -3.23. The third-order valence-corrected chi connectivity index (χ3v) is 9.84. The van der Waals surface area contributed by atoms with E-state index in [9.17, 15) is 19.4 Å². The number of fused-ring (bicyclic) bond motifs is 2. The number of terminal acetylenes is 1. The van der Waals surface area contributed by atoms with Crippen LogP contribution in [-0.2, 0) is 44.2 Å². The van der Waals surface area contributed by atoms with Crippen molar-refractivity contribution in [3.05, 3.63) is 29.3 Å². The van der Waals surface area contributed by atoms with Gasteiger partial charge in [-0.2, -0.15) is 4.98 Å². The summed E-state index contributed by atoms with van der Waals surface area (Å²) in [4.78, 5) is 46.1. The molecule has 0 amide bonds. The first-order valence-corrected chi connectivity index (χ1v) is 18.5. The largest absolute Gasteiger partial charge is 0.582 e. The number of halogens is 1. The van der Waals surface area contributed by atoms with Crippen molar-refractivity contribution in [3.8, 4) is 12.3 Å². The molecule has 2 saturated heterocycles. The summed E-state index contributed by atoms with van der Waals surface area (Å²) in [6, 6.07) is 0. The molecule has 25 heteroatoms. The fourth-order valence-electron chi connectivity index (χ4n) is 5.45. The highest BCUT2D eigenvalue weighted by molar-refractivity contribution is 8.39. The fourth-order valence-corrected chi connectivity index (χ4v) is 7.33. The zero-order valence-corrected chi connectivity index (χ0v) is 27.8.